The van der Waals surface area contributed by atoms with E-state index in [0.717, 1.165) is 22.7 Å². The van der Waals surface area contributed by atoms with Gasteiger partial charge < -0.3 is 5.11 Å². The maximum absolute atomic E-state index is 9.77. The summed E-state index contributed by atoms with van der Waals surface area (Å²) < 4.78 is 0. The molecule has 4 rings (SSSR count). The van der Waals surface area contributed by atoms with Crippen LogP contribution in [-0.2, 0) is 4.79 Å². The fraction of sp³-hybridized carbons (Fsp3) is 0.938. The van der Waals surface area contributed by atoms with Crippen LogP contribution >= 0.6 is 0 Å². The number of aliphatic carboxylic acids is 1. The van der Waals surface area contributed by atoms with Crippen LogP contribution in [0.5, 0.6) is 0 Å². The molecule has 0 unspecified atom stereocenters. The molecule has 0 aromatic rings. The molecule has 0 heterocycles. The van der Waals surface area contributed by atoms with Gasteiger partial charge in [0.25, 0.3) is 0 Å². The lowest BCUT2D eigenvalue weighted by molar-refractivity contribution is -0.137. The third kappa shape index (κ3) is 3.71. The first-order chi connectivity index (χ1) is 8.70. The average Bonchev–Trinajstić information content (AvgIpc) is 2.08. The highest BCUT2D eigenvalue weighted by atomic mass is 16.4. The largest absolute Gasteiger partial charge is 0.480 e. The van der Waals surface area contributed by atoms with Crippen LogP contribution in [0.25, 0.3) is 0 Å². The summed E-state index contributed by atoms with van der Waals surface area (Å²) in [5.74, 6) is 1.44. The van der Waals surface area contributed by atoms with Gasteiger partial charge in [-0.05, 0) is 75.3 Å². The smallest absolute Gasteiger partial charge is 0.317 e. The number of hydrogen-bond donors (Lipinski definition) is 1. The molecule has 3 nitrogen and oxygen atoms in total. The van der Waals surface area contributed by atoms with Gasteiger partial charge in [-0.2, -0.15) is 0 Å². The lowest BCUT2D eigenvalue weighted by atomic mass is 9.45. The summed E-state index contributed by atoms with van der Waals surface area (Å²) in [5.41, 5.74) is 1.53. The second-order valence-electron chi connectivity index (χ2n) is 8.21. The van der Waals surface area contributed by atoms with E-state index in [4.69, 9.17) is 5.11 Å². The molecule has 4 bridgehead atoms. The number of carboxylic acids is 1. The second kappa shape index (κ2) is 5.08. The predicted octanol–water partition coefficient (Wildman–Crippen LogP) is 3.25. The Labute approximate surface area is 117 Å². The van der Waals surface area contributed by atoms with E-state index >= 15 is 0 Å². The fourth-order valence-electron chi connectivity index (χ4n) is 5.49. The number of carbonyl (C=O) groups is 1. The quantitative estimate of drug-likeness (QED) is 0.835. The first kappa shape index (κ1) is 14.8. The van der Waals surface area contributed by atoms with E-state index in [0.29, 0.717) is 0 Å². The van der Waals surface area contributed by atoms with E-state index in [1.165, 1.54) is 6.42 Å². The van der Waals surface area contributed by atoms with Gasteiger partial charge in [-0.25, -0.2) is 0 Å². The number of hydrogen-bond acceptors (Lipinski definition) is 2. The van der Waals surface area contributed by atoms with E-state index in [1.807, 2.05) is 0 Å². The molecule has 3 heteroatoms. The van der Waals surface area contributed by atoms with Crippen molar-refractivity contribution < 1.29 is 9.90 Å². The van der Waals surface area contributed by atoms with Crippen molar-refractivity contribution in [2.75, 3.05) is 20.6 Å². The highest BCUT2D eigenvalue weighted by molar-refractivity contribution is 5.68. The van der Waals surface area contributed by atoms with Crippen molar-refractivity contribution in [2.45, 2.75) is 52.4 Å². The summed E-state index contributed by atoms with van der Waals surface area (Å²) in [5, 5.41) is 8.04. The Balaban J connectivity index is 0.000000167. The molecule has 0 aromatic carbocycles. The molecule has 4 aliphatic carbocycles. The van der Waals surface area contributed by atoms with Crippen LogP contribution in [0.3, 0.4) is 0 Å². The first-order valence-corrected chi connectivity index (χ1v) is 7.56. The van der Waals surface area contributed by atoms with Gasteiger partial charge in [0, 0.05) is 0 Å². The molecule has 1 N–H and O–H groups in total. The number of nitrogens with zero attached hydrogens (tertiary/aromatic N) is 1. The van der Waals surface area contributed by atoms with Crippen molar-refractivity contribution in [3.05, 3.63) is 0 Å². The molecule has 0 atom stereocenters. The standard InChI is InChI=1S/C12H20.C4H9NO2/c1-11-4-9-3-10(5-11)7-12(2,6-9)8-11;1-5(2)3-4(6)7/h9-10H,3-8H2,1-2H3;3H2,1-2H3,(H,6,7). The van der Waals surface area contributed by atoms with Gasteiger partial charge >= 0.3 is 5.97 Å². The zero-order valence-corrected chi connectivity index (χ0v) is 12.9. The zero-order chi connectivity index (χ0) is 14.3. The van der Waals surface area contributed by atoms with Crippen LogP contribution in [0.15, 0.2) is 0 Å². The molecule has 4 aliphatic rings. The van der Waals surface area contributed by atoms with Crippen LogP contribution in [-0.4, -0.2) is 36.6 Å². The van der Waals surface area contributed by atoms with Gasteiger partial charge in [0.1, 0.15) is 0 Å². The van der Waals surface area contributed by atoms with Crippen molar-refractivity contribution in [2.24, 2.45) is 22.7 Å². The van der Waals surface area contributed by atoms with Crippen LogP contribution in [0.4, 0.5) is 0 Å². The lowest BCUT2D eigenvalue weighted by Crippen LogP contribution is -2.49. The Kier molecular flexibility index (Phi) is 3.97. The van der Waals surface area contributed by atoms with Crippen molar-refractivity contribution in [1.29, 1.82) is 0 Å². The Morgan fingerprint density at radius 2 is 1.53 bits per heavy atom. The van der Waals surface area contributed by atoms with Crippen molar-refractivity contribution in [3.63, 3.8) is 0 Å². The third-order valence-electron chi connectivity index (χ3n) is 5.10. The van der Waals surface area contributed by atoms with Crippen LogP contribution in [0, 0.1) is 22.7 Å². The molecule has 110 valence electrons. The maximum Gasteiger partial charge on any atom is 0.317 e. The second-order valence-corrected chi connectivity index (χ2v) is 8.21. The van der Waals surface area contributed by atoms with Gasteiger partial charge in [-0.15, -0.1) is 0 Å². The van der Waals surface area contributed by atoms with E-state index in [1.54, 1.807) is 51.1 Å². The van der Waals surface area contributed by atoms with Gasteiger partial charge in [-0.3, -0.25) is 9.69 Å². The minimum atomic E-state index is -0.787. The summed E-state index contributed by atoms with van der Waals surface area (Å²) in [6, 6.07) is 0. The number of likely N-dealkylation sites (N-methyl/N-ethyl adjacent to an activating group) is 1. The van der Waals surface area contributed by atoms with Gasteiger partial charge in [0.15, 0.2) is 0 Å². The lowest BCUT2D eigenvalue weighted by Gasteiger charge is -2.60. The van der Waals surface area contributed by atoms with Crippen molar-refractivity contribution in [3.8, 4) is 0 Å². The Hall–Kier alpha value is -0.570. The first-order valence-electron chi connectivity index (χ1n) is 7.56. The zero-order valence-electron chi connectivity index (χ0n) is 12.9. The average molecular weight is 267 g/mol. The summed E-state index contributed by atoms with van der Waals surface area (Å²) >= 11 is 0. The van der Waals surface area contributed by atoms with Crippen LogP contribution in [0.2, 0.25) is 0 Å². The van der Waals surface area contributed by atoms with Gasteiger partial charge in [0.2, 0.25) is 0 Å². The van der Waals surface area contributed by atoms with Gasteiger partial charge in [0.05, 0.1) is 6.54 Å². The third-order valence-corrected chi connectivity index (χ3v) is 5.10. The molecule has 4 fully saturated rings. The highest BCUT2D eigenvalue weighted by Gasteiger charge is 2.53. The van der Waals surface area contributed by atoms with E-state index in [9.17, 15) is 4.79 Å². The molecule has 0 radical (unpaired) electrons. The summed E-state index contributed by atoms with van der Waals surface area (Å²) in [6.07, 6.45) is 9.33. The maximum atomic E-state index is 9.77. The van der Waals surface area contributed by atoms with Crippen LogP contribution < -0.4 is 0 Å². The number of rotatable bonds is 2. The topological polar surface area (TPSA) is 40.5 Å². The molecule has 0 amide bonds. The van der Waals surface area contributed by atoms with Crippen molar-refractivity contribution in [1.82, 2.24) is 4.90 Å². The molecule has 4 saturated carbocycles. The van der Waals surface area contributed by atoms with Crippen LogP contribution in [0.1, 0.15) is 52.4 Å². The van der Waals surface area contributed by atoms with Crippen molar-refractivity contribution >= 4 is 5.97 Å². The van der Waals surface area contributed by atoms with E-state index in [2.05, 4.69) is 13.8 Å². The van der Waals surface area contributed by atoms with E-state index < -0.39 is 5.97 Å². The predicted molar refractivity (Wildman–Crippen MR) is 77.1 cm³/mol. The molecular formula is C16H29NO2. The Morgan fingerprint density at radius 3 is 1.74 bits per heavy atom. The normalized spacial score (nSPS) is 43.0. The monoisotopic (exact) mass is 267 g/mol. The summed E-state index contributed by atoms with van der Waals surface area (Å²) in [6.45, 7) is 5.20. The molecule has 0 saturated heterocycles. The summed E-state index contributed by atoms with van der Waals surface area (Å²) in [7, 11) is 3.43. The molecular weight excluding hydrogens is 238 g/mol. The molecule has 0 aromatic heterocycles. The highest BCUT2D eigenvalue weighted by Crippen LogP contribution is 2.64. The molecule has 0 spiro atoms. The Morgan fingerprint density at radius 1 is 1.11 bits per heavy atom. The Bertz CT molecular complexity index is 317. The fourth-order valence-corrected chi connectivity index (χ4v) is 5.49. The SMILES string of the molecule is CC12CC3CC(C1)CC(C)(C3)C2.CN(C)CC(=O)O. The van der Waals surface area contributed by atoms with E-state index in [-0.39, 0.29) is 6.54 Å². The minimum Gasteiger partial charge on any atom is -0.480 e. The molecule has 19 heavy (non-hydrogen) atoms. The minimum absolute atomic E-state index is 0.111. The number of carboxylic acid groups (broad SMARTS) is 1. The summed E-state index contributed by atoms with van der Waals surface area (Å²) in [4.78, 5) is 11.4. The molecule has 0 aliphatic heterocycles. The van der Waals surface area contributed by atoms with Gasteiger partial charge in [-0.1, -0.05) is 13.8 Å².